The van der Waals surface area contributed by atoms with Crippen LogP contribution < -0.4 is 5.32 Å². The fourth-order valence-corrected chi connectivity index (χ4v) is 3.24. The second kappa shape index (κ2) is 6.92. The van der Waals surface area contributed by atoms with Crippen molar-refractivity contribution in [2.45, 2.75) is 12.5 Å². The first-order valence-electron chi connectivity index (χ1n) is 8.56. The number of fused-ring (bicyclic) bond motifs is 2. The number of aliphatic carboxylic acids is 1. The van der Waals surface area contributed by atoms with Gasteiger partial charge >= 0.3 is 5.97 Å². The SMILES string of the molecule is O=C(N[C@@H](Cc1c[nH]c2ccccc12)C(=O)O)c1cccc2cccnc12. The zero-order chi connectivity index (χ0) is 18.8. The highest BCUT2D eigenvalue weighted by Crippen LogP contribution is 2.20. The Morgan fingerprint density at radius 1 is 1.07 bits per heavy atom. The molecule has 0 bridgehead atoms. The number of carbonyl (C=O) groups excluding carboxylic acids is 1. The maximum atomic E-state index is 12.7. The molecule has 0 aliphatic rings. The summed E-state index contributed by atoms with van der Waals surface area (Å²) in [5.41, 5.74) is 2.68. The summed E-state index contributed by atoms with van der Waals surface area (Å²) in [6.45, 7) is 0. The van der Waals surface area contributed by atoms with Gasteiger partial charge in [0, 0.05) is 35.1 Å². The first-order valence-corrected chi connectivity index (χ1v) is 8.56. The minimum atomic E-state index is -1.08. The van der Waals surface area contributed by atoms with Gasteiger partial charge in [0.1, 0.15) is 6.04 Å². The molecule has 0 radical (unpaired) electrons. The quantitative estimate of drug-likeness (QED) is 0.510. The summed E-state index contributed by atoms with van der Waals surface area (Å²) < 4.78 is 0. The van der Waals surface area contributed by atoms with E-state index in [2.05, 4.69) is 15.3 Å². The molecule has 0 fully saturated rings. The van der Waals surface area contributed by atoms with Crippen molar-refractivity contribution in [3.8, 4) is 0 Å². The van der Waals surface area contributed by atoms with E-state index in [4.69, 9.17) is 0 Å². The van der Waals surface area contributed by atoms with Crippen LogP contribution in [0.5, 0.6) is 0 Å². The maximum absolute atomic E-state index is 12.7. The smallest absolute Gasteiger partial charge is 0.326 e. The summed E-state index contributed by atoms with van der Waals surface area (Å²) >= 11 is 0. The van der Waals surface area contributed by atoms with Crippen LogP contribution >= 0.6 is 0 Å². The largest absolute Gasteiger partial charge is 0.480 e. The number of rotatable bonds is 5. The molecule has 1 amide bonds. The number of aromatic nitrogens is 2. The number of nitrogens with one attached hydrogen (secondary N) is 2. The molecule has 1 atom stereocenters. The van der Waals surface area contributed by atoms with Gasteiger partial charge in [0.05, 0.1) is 11.1 Å². The van der Waals surface area contributed by atoms with Crippen molar-refractivity contribution in [2.24, 2.45) is 0 Å². The number of aromatic amines is 1. The van der Waals surface area contributed by atoms with Crippen molar-refractivity contribution in [3.63, 3.8) is 0 Å². The predicted octanol–water partition coefficient (Wildman–Crippen LogP) is 3.14. The van der Waals surface area contributed by atoms with Crippen LogP contribution in [0.25, 0.3) is 21.8 Å². The fourth-order valence-electron chi connectivity index (χ4n) is 3.24. The Hall–Kier alpha value is -3.67. The van der Waals surface area contributed by atoms with E-state index in [0.717, 1.165) is 21.9 Å². The van der Waals surface area contributed by atoms with Gasteiger partial charge in [0.2, 0.25) is 0 Å². The first-order chi connectivity index (χ1) is 13.1. The van der Waals surface area contributed by atoms with Crippen molar-refractivity contribution in [2.75, 3.05) is 0 Å². The Morgan fingerprint density at radius 3 is 2.74 bits per heavy atom. The molecular weight excluding hydrogens is 342 g/mol. The second-order valence-electron chi connectivity index (χ2n) is 6.31. The molecule has 0 unspecified atom stereocenters. The monoisotopic (exact) mass is 359 g/mol. The predicted molar refractivity (Wildman–Crippen MR) is 103 cm³/mol. The molecule has 6 heteroatoms. The molecular formula is C21H17N3O3. The molecule has 2 aromatic heterocycles. The number of carboxylic acid groups (broad SMARTS) is 1. The number of carboxylic acids is 1. The molecule has 0 spiro atoms. The van der Waals surface area contributed by atoms with Gasteiger partial charge in [0.25, 0.3) is 5.91 Å². The van der Waals surface area contributed by atoms with Gasteiger partial charge in [-0.05, 0) is 23.8 Å². The van der Waals surface area contributed by atoms with E-state index in [-0.39, 0.29) is 6.42 Å². The van der Waals surface area contributed by atoms with Gasteiger partial charge in [-0.1, -0.05) is 36.4 Å². The first kappa shape index (κ1) is 16.8. The molecule has 0 aliphatic heterocycles. The summed E-state index contributed by atoms with van der Waals surface area (Å²) in [5.74, 6) is -1.53. The topological polar surface area (TPSA) is 95.1 Å². The maximum Gasteiger partial charge on any atom is 0.326 e. The van der Waals surface area contributed by atoms with Gasteiger partial charge < -0.3 is 15.4 Å². The molecule has 134 valence electrons. The van der Waals surface area contributed by atoms with Gasteiger partial charge in [-0.25, -0.2) is 4.79 Å². The number of para-hydroxylation sites is 2. The molecule has 0 saturated carbocycles. The molecule has 4 rings (SSSR count). The van der Waals surface area contributed by atoms with Crippen LogP contribution in [0, 0.1) is 0 Å². The number of H-pyrrole nitrogens is 1. The Morgan fingerprint density at radius 2 is 1.89 bits per heavy atom. The third-order valence-electron chi connectivity index (χ3n) is 4.58. The molecule has 2 heterocycles. The van der Waals surface area contributed by atoms with Crippen molar-refractivity contribution in [3.05, 3.63) is 78.1 Å². The third-order valence-corrected chi connectivity index (χ3v) is 4.58. The number of hydrogen-bond acceptors (Lipinski definition) is 3. The van der Waals surface area contributed by atoms with Crippen LogP contribution in [0.1, 0.15) is 15.9 Å². The highest BCUT2D eigenvalue weighted by atomic mass is 16.4. The number of pyridine rings is 1. The van der Waals surface area contributed by atoms with Crippen LogP contribution in [0.3, 0.4) is 0 Å². The van der Waals surface area contributed by atoms with Crippen molar-refractivity contribution in [1.29, 1.82) is 0 Å². The van der Waals surface area contributed by atoms with Crippen LogP contribution in [0.4, 0.5) is 0 Å². The average Bonchev–Trinajstić information content (AvgIpc) is 3.10. The van der Waals surface area contributed by atoms with Crippen LogP contribution in [0.2, 0.25) is 0 Å². The van der Waals surface area contributed by atoms with E-state index < -0.39 is 17.9 Å². The van der Waals surface area contributed by atoms with Crippen molar-refractivity contribution in [1.82, 2.24) is 15.3 Å². The minimum Gasteiger partial charge on any atom is -0.480 e. The van der Waals surface area contributed by atoms with Crippen molar-refractivity contribution >= 4 is 33.7 Å². The summed E-state index contributed by atoms with van der Waals surface area (Å²) in [5, 5.41) is 14.0. The van der Waals surface area contributed by atoms with Gasteiger partial charge in [-0.15, -0.1) is 0 Å². The number of carbonyl (C=O) groups is 2. The zero-order valence-corrected chi connectivity index (χ0v) is 14.3. The molecule has 4 aromatic rings. The van der Waals surface area contributed by atoms with E-state index in [1.54, 1.807) is 30.6 Å². The lowest BCUT2D eigenvalue weighted by molar-refractivity contribution is -0.139. The number of benzene rings is 2. The molecule has 0 saturated heterocycles. The lowest BCUT2D eigenvalue weighted by atomic mass is 10.0. The molecule has 3 N–H and O–H groups in total. The van der Waals surface area contributed by atoms with Gasteiger partial charge in [0.15, 0.2) is 0 Å². The highest BCUT2D eigenvalue weighted by Gasteiger charge is 2.23. The normalized spacial score (nSPS) is 12.1. The lowest BCUT2D eigenvalue weighted by Gasteiger charge is -2.15. The third kappa shape index (κ3) is 3.25. The van der Waals surface area contributed by atoms with Crippen LogP contribution in [0.15, 0.2) is 67.0 Å². The Balaban J connectivity index is 1.61. The second-order valence-corrected chi connectivity index (χ2v) is 6.31. The van der Waals surface area contributed by atoms with Crippen LogP contribution in [-0.4, -0.2) is 33.0 Å². The summed E-state index contributed by atoms with van der Waals surface area (Å²) in [4.78, 5) is 31.9. The summed E-state index contributed by atoms with van der Waals surface area (Å²) in [7, 11) is 0. The standard InChI is InChI=1S/C21H17N3O3/c25-20(16-8-3-5-13-6-4-10-22-19(13)16)24-18(21(26)27)11-14-12-23-17-9-2-1-7-15(14)17/h1-10,12,18,23H,11H2,(H,24,25)(H,26,27)/t18-/m0/s1. The fraction of sp³-hybridized carbons (Fsp3) is 0.0952. The Bertz CT molecular complexity index is 1140. The number of nitrogens with zero attached hydrogens (tertiary/aromatic N) is 1. The molecule has 0 aliphatic carbocycles. The van der Waals surface area contributed by atoms with Gasteiger partial charge in [-0.3, -0.25) is 9.78 Å². The van der Waals surface area contributed by atoms with E-state index in [1.807, 2.05) is 36.4 Å². The summed E-state index contributed by atoms with van der Waals surface area (Å²) in [6.07, 6.45) is 3.58. The summed E-state index contributed by atoms with van der Waals surface area (Å²) in [6, 6.07) is 15.5. The Labute approximate surface area is 154 Å². The number of hydrogen-bond donors (Lipinski definition) is 3. The van der Waals surface area contributed by atoms with Crippen LogP contribution in [-0.2, 0) is 11.2 Å². The minimum absolute atomic E-state index is 0.184. The number of amides is 1. The zero-order valence-electron chi connectivity index (χ0n) is 14.3. The van der Waals surface area contributed by atoms with E-state index in [0.29, 0.717) is 11.1 Å². The molecule has 27 heavy (non-hydrogen) atoms. The average molecular weight is 359 g/mol. The van der Waals surface area contributed by atoms with Gasteiger partial charge in [-0.2, -0.15) is 0 Å². The Kier molecular flexibility index (Phi) is 4.30. The van der Waals surface area contributed by atoms with E-state index in [1.165, 1.54) is 0 Å². The van der Waals surface area contributed by atoms with E-state index in [9.17, 15) is 14.7 Å². The van der Waals surface area contributed by atoms with E-state index >= 15 is 0 Å². The lowest BCUT2D eigenvalue weighted by Crippen LogP contribution is -2.42. The molecule has 2 aromatic carbocycles. The molecule has 6 nitrogen and oxygen atoms in total. The highest BCUT2D eigenvalue weighted by molar-refractivity contribution is 6.06. The van der Waals surface area contributed by atoms with Crippen molar-refractivity contribution < 1.29 is 14.7 Å².